The number of hydrogen-bond donors (Lipinski definition) is 1. The normalized spacial score (nSPS) is 17.4. The molecule has 38 heavy (non-hydrogen) atoms. The number of aromatic nitrogens is 3. The molecule has 6 rings (SSSR count). The molecule has 1 aromatic heterocycles. The summed E-state index contributed by atoms with van der Waals surface area (Å²) in [6.45, 7) is 4.78. The number of rotatable bonds is 7. The number of piperazine rings is 1. The van der Waals surface area contributed by atoms with Gasteiger partial charge in [0.05, 0.1) is 31.9 Å². The minimum atomic E-state index is -0.414. The van der Waals surface area contributed by atoms with Crippen LogP contribution in [0.5, 0.6) is 11.5 Å². The summed E-state index contributed by atoms with van der Waals surface area (Å²) < 4.78 is 14.1. The first-order valence-corrected chi connectivity index (χ1v) is 13.9. The zero-order valence-electron chi connectivity index (χ0n) is 21.0. The van der Waals surface area contributed by atoms with Crippen molar-refractivity contribution >= 4 is 17.7 Å². The number of nitrogens with zero attached hydrogens (tertiary/aromatic N) is 4. The topological polar surface area (TPSA) is 73.9 Å². The van der Waals surface area contributed by atoms with Crippen molar-refractivity contribution in [2.24, 2.45) is 0 Å². The van der Waals surface area contributed by atoms with E-state index in [1.165, 1.54) is 22.2 Å². The van der Waals surface area contributed by atoms with Gasteiger partial charge in [0.2, 0.25) is 5.91 Å². The Bertz CT molecular complexity index is 1370. The van der Waals surface area contributed by atoms with Gasteiger partial charge in [-0.3, -0.25) is 9.36 Å². The third kappa shape index (κ3) is 5.39. The van der Waals surface area contributed by atoms with Gasteiger partial charge in [0.1, 0.15) is 13.2 Å². The van der Waals surface area contributed by atoms with Crippen LogP contribution in [0.15, 0.2) is 90.1 Å². The number of fused-ring (bicyclic) bond motifs is 1. The molecule has 8 nitrogen and oxygen atoms in total. The van der Waals surface area contributed by atoms with Gasteiger partial charge in [-0.15, -0.1) is 10.2 Å². The molecule has 1 saturated heterocycles. The van der Waals surface area contributed by atoms with E-state index in [1.54, 1.807) is 0 Å². The third-order valence-electron chi connectivity index (χ3n) is 6.91. The van der Waals surface area contributed by atoms with Crippen LogP contribution < -0.4 is 14.4 Å². The van der Waals surface area contributed by atoms with Gasteiger partial charge in [-0.2, -0.15) is 0 Å². The van der Waals surface area contributed by atoms with E-state index in [9.17, 15) is 4.79 Å². The number of thioether (sulfide) groups is 1. The molecular formula is C29H30N5O3S+. The lowest BCUT2D eigenvalue weighted by molar-refractivity contribution is -0.917. The lowest BCUT2D eigenvalue weighted by Gasteiger charge is -2.32. The SMILES string of the molecule is O=C(CSc1nnc([C@H]2COc3ccccc3O2)n1-c1ccccc1)N1CC[NH+](Cc2ccccc2)CC1. The van der Waals surface area contributed by atoms with Gasteiger partial charge in [-0.1, -0.05) is 72.4 Å². The fraction of sp³-hybridized carbons (Fsp3) is 0.276. The Kier molecular flexibility index (Phi) is 7.28. The summed E-state index contributed by atoms with van der Waals surface area (Å²) in [5.41, 5.74) is 2.26. The molecule has 3 heterocycles. The van der Waals surface area contributed by atoms with Gasteiger partial charge in [0, 0.05) is 11.3 Å². The van der Waals surface area contributed by atoms with E-state index in [1.807, 2.05) is 70.1 Å². The Morgan fingerprint density at radius 1 is 0.895 bits per heavy atom. The second-order valence-electron chi connectivity index (χ2n) is 9.46. The first-order valence-electron chi connectivity index (χ1n) is 12.9. The summed E-state index contributed by atoms with van der Waals surface area (Å²) in [6, 6.07) is 28.1. The highest BCUT2D eigenvalue weighted by molar-refractivity contribution is 7.99. The standard InChI is InChI=1S/C29H29N5O3S/c35-27(33-17-15-32(16-18-33)19-22-9-3-1-4-10-22)21-38-29-31-30-28(34(29)23-11-5-2-6-12-23)26-20-36-24-13-7-8-14-25(24)37-26/h1-14,26H,15-21H2/p+1/t26-/m1/s1. The number of carbonyl (C=O) groups is 1. The van der Waals surface area contributed by atoms with E-state index >= 15 is 0 Å². The average Bonchev–Trinajstić information content (AvgIpc) is 3.41. The minimum Gasteiger partial charge on any atom is -0.485 e. The Morgan fingerprint density at radius 3 is 2.34 bits per heavy atom. The fourth-order valence-electron chi connectivity index (χ4n) is 4.90. The molecular weight excluding hydrogens is 498 g/mol. The van der Waals surface area contributed by atoms with Gasteiger partial charge in [0.15, 0.2) is 28.6 Å². The molecule has 2 aliphatic rings. The van der Waals surface area contributed by atoms with E-state index in [-0.39, 0.29) is 5.91 Å². The molecule has 0 spiro atoms. The zero-order valence-corrected chi connectivity index (χ0v) is 21.8. The van der Waals surface area contributed by atoms with Crippen LogP contribution in [-0.4, -0.2) is 64.1 Å². The maximum Gasteiger partial charge on any atom is 0.233 e. The monoisotopic (exact) mass is 528 g/mol. The quantitative estimate of drug-likeness (QED) is 0.372. The highest BCUT2D eigenvalue weighted by atomic mass is 32.2. The molecule has 0 aliphatic carbocycles. The van der Waals surface area contributed by atoms with Crippen molar-refractivity contribution in [2.75, 3.05) is 38.5 Å². The summed E-state index contributed by atoms with van der Waals surface area (Å²) in [7, 11) is 0. The van der Waals surface area contributed by atoms with Crippen LogP contribution in [0.2, 0.25) is 0 Å². The number of benzene rings is 3. The number of ether oxygens (including phenoxy) is 2. The maximum absolute atomic E-state index is 13.1. The molecule has 2 aliphatic heterocycles. The molecule has 1 fully saturated rings. The number of carbonyl (C=O) groups excluding carboxylic acids is 1. The third-order valence-corrected chi connectivity index (χ3v) is 7.83. The van der Waals surface area contributed by atoms with Crippen molar-refractivity contribution in [3.05, 3.63) is 96.3 Å². The van der Waals surface area contributed by atoms with Crippen LogP contribution in [-0.2, 0) is 11.3 Å². The minimum absolute atomic E-state index is 0.129. The first kappa shape index (κ1) is 24.5. The zero-order chi connectivity index (χ0) is 25.7. The summed E-state index contributed by atoms with van der Waals surface area (Å²) in [6.07, 6.45) is -0.414. The number of para-hydroxylation sites is 3. The molecule has 0 radical (unpaired) electrons. The molecule has 194 valence electrons. The van der Waals surface area contributed by atoms with Crippen LogP contribution in [0.4, 0.5) is 0 Å². The number of nitrogens with one attached hydrogen (secondary N) is 1. The molecule has 0 unspecified atom stereocenters. The first-order chi connectivity index (χ1) is 18.7. The summed E-state index contributed by atoms with van der Waals surface area (Å²) >= 11 is 1.41. The Labute approximate surface area is 226 Å². The molecule has 0 bridgehead atoms. The van der Waals surface area contributed by atoms with Crippen molar-refractivity contribution in [3.8, 4) is 17.2 Å². The molecule has 4 aromatic rings. The van der Waals surface area contributed by atoms with Gasteiger partial charge in [-0.25, -0.2) is 0 Å². The highest BCUT2D eigenvalue weighted by Gasteiger charge is 2.30. The van der Waals surface area contributed by atoms with Crippen molar-refractivity contribution in [1.82, 2.24) is 19.7 Å². The second-order valence-corrected chi connectivity index (χ2v) is 10.4. The van der Waals surface area contributed by atoms with Crippen LogP contribution in [0.1, 0.15) is 17.5 Å². The lowest BCUT2D eigenvalue weighted by Crippen LogP contribution is -3.13. The van der Waals surface area contributed by atoms with Gasteiger partial charge in [0.25, 0.3) is 0 Å². The Morgan fingerprint density at radius 2 is 1.58 bits per heavy atom. The van der Waals surface area contributed by atoms with Crippen LogP contribution in [0.25, 0.3) is 5.69 Å². The fourth-order valence-corrected chi connectivity index (χ4v) is 5.76. The maximum atomic E-state index is 13.1. The van der Waals surface area contributed by atoms with E-state index < -0.39 is 6.10 Å². The summed E-state index contributed by atoms with van der Waals surface area (Å²) in [5.74, 6) is 2.50. The van der Waals surface area contributed by atoms with E-state index in [4.69, 9.17) is 9.47 Å². The predicted octanol–water partition coefficient (Wildman–Crippen LogP) is 2.80. The smallest absolute Gasteiger partial charge is 0.233 e. The highest BCUT2D eigenvalue weighted by Crippen LogP contribution is 2.36. The van der Waals surface area contributed by atoms with E-state index in [2.05, 4.69) is 34.5 Å². The largest absolute Gasteiger partial charge is 0.485 e. The van der Waals surface area contributed by atoms with Gasteiger partial charge in [-0.05, 0) is 24.3 Å². The molecule has 1 amide bonds. The van der Waals surface area contributed by atoms with Crippen molar-refractivity contribution < 1.29 is 19.2 Å². The van der Waals surface area contributed by atoms with Crippen molar-refractivity contribution in [1.29, 1.82) is 0 Å². The Hall–Kier alpha value is -3.82. The van der Waals surface area contributed by atoms with Crippen LogP contribution in [0, 0.1) is 0 Å². The molecule has 1 atom stereocenters. The molecule has 0 saturated carbocycles. The molecule has 9 heteroatoms. The molecule has 1 N–H and O–H groups in total. The molecule has 3 aromatic carbocycles. The summed E-state index contributed by atoms with van der Waals surface area (Å²) in [4.78, 5) is 16.6. The number of amides is 1. The lowest BCUT2D eigenvalue weighted by atomic mass is 10.2. The van der Waals surface area contributed by atoms with E-state index in [0.29, 0.717) is 29.1 Å². The van der Waals surface area contributed by atoms with Gasteiger partial charge >= 0.3 is 0 Å². The predicted molar refractivity (Wildman–Crippen MR) is 145 cm³/mol. The average molecular weight is 529 g/mol. The van der Waals surface area contributed by atoms with Crippen molar-refractivity contribution in [2.45, 2.75) is 17.8 Å². The number of hydrogen-bond acceptors (Lipinski definition) is 6. The number of quaternary nitrogens is 1. The van der Waals surface area contributed by atoms with Crippen LogP contribution >= 0.6 is 11.8 Å². The second kappa shape index (κ2) is 11.3. The summed E-state index contributed by atoms with van der Waals surface area (Å²) in [5, 5.41) is 9.62. The van der Waals surface area contributed by atoms with Gasteiger partial charge < -0.3 is 19.3 Å². The van der Waals surface area contributed by atoms with E-state index in [0.717, 1.165) is 44.2 Å². The van der Waals surface area contributed by atoms with Crippen LogP contribution in [0.3, 0.4) is 0 Å². The van der Waals surface area contributed by atoms with Crippen molar-refractivity contribution in [3.63, 3.8) is 0 Å². The Balaban J connectivity index is 1.12.